The number of rotatable bonds is 6. The summed E-state index contributed by atoms with van der Waals surface area (Å²) in [5.41, 5.74) is 2.60. The van der Waals surface area contributed by atoms with Crippen molar-refractivity contribution in [3.05, 3.63) is 35.9 Å². The van der Waals surface area contributed by atoms with E-state index >= 15 is 0 Å². The van der Waals surface area contributed by atoms with Crippen LogP contribution in [0.15, 0.2) is 30.3 Å². The Morgan fingerprint density at radius 2 is 1.93 bits per heavy atom. The monoisotopic (exact) mass is 373 g/mol. The molecule has 2 saturated heterocycles. The fraction of sp³-hybridized carbons (Fsp3) is 0.550. The molecular formula is C20H29N4O3+. The van der Waals surface area contributed by atoms with Gasteiger partial charge in [0.2, 0.25) is 0 Å². The third-order valence-corrected chi connectivity index (χ3v) is 5.65. The summed E-state index contributed by atoms with van der Waals surface area (Å²) in [6.45, 7) is 6.11. The van der Waals surface area contributed by atoms with Gasteiger partial charge in [-0.2, -0.15) is 5.01 Å². The normalized spacial score (nSPS) is 28.1. The van der Waals surface area contributed by atoms with E-state index in [2.05, 4.69) is 17.7 Å². The van der Waals surface area contributed by atoms with Crippen molar-refractivity contribution in [2.24, 2.45) is 5.92 Å². The zero-order valence-corrected chi connectivity index (χ0v) is 16.1. The smallest absolute Gasteiger partial charge is 0.327 e. The van der Waals surface area contributed by atoms with Crippen molar-refractivity contribution in [3.8, 4) is 0 Å². The number of hydrogen-bond donors (Lipinski definition) is 3. The molecule has 2 aliphatic heterocycles. The van der Waals surface area contributed by atoms with Crippen molar-refractivity contribution < 1.29 is 19.3 Å². The topological polar surface area (TPSA) is 82.9 Å². The van der Waals surface area contributed by atoms with Crippen molar-refractivity contribution in [2.45, 2.75) is 45.1 Å². The molecule has 3 rings (SSSR count). The molecule has 0 aromatic heterocycles. The number of likely N-dealkylation sites (tertiary alicyclic amines) is 1. The summed E-state index contributed by atoms with van der Waals surface area (Å²) in [6, 6.07) is 9.26. The van der Waals surface area contributed by atoms with Gasteiger partial charge in [0.25, 0.3) is 11.8 Å². The molecule has 7 heteroatoms. The number of nitrogens with one attached hydrogen (secondary N) is 3. The molecule has 0 radical (unpaired) electrons. The highest BCUT2D eigenvalue weighted by molar-refractivity contribution is 6.07. The van der Waals surface area contributed by atoms with Gasteiger partial charge in [-0.25, -0.2) is 4.79 Å². The van der Waals surface area contributed by atoms with Crippen LogP contribution in [0.5, 0.6) is 0 Å². The van der Waals surface area contributed by atoms with Crippen LogP contribution in [0.25, 0.3) is 0 Å². The second-order valence-corrected chi connectivity index (χ2v) is 8.03. The average molecular weight is 373 g/mol. The third kappa shape index (κ3) is 4.66. The van der Waals surface area contributed by atoms with E-state index in [1.165, 1.54) is 4.90 Å². The lowest BCUT2D eigenvalue weighted by atomic mass is 9.93. The number of amides is 4. The van der Waals surface area contributed by atoms with E-state index in [9.17, 15) is 14.4 Å². The van der Waals surface area contributed by atoms with Crippen molar-refractivity contribution in [1.82, 2.24) is 15.8 Å². The molecule has 1 aromatic carbocycles. The van der Waals surface area contributed by atoms with Crippen molar-refractivity contribution in [1.29, 1.82) is 0 Å². The summed E-state index contributed by atoms with van der Waals surface area (Å²) in [4.78, 5) is 38.5. The standard InChI is InChI=1S/C20H28N4O3/c1-15-9-12-23(13-10-15)14-17(25)22-24-18(26)20(2,21-19(24)27)11-8-16-6-4-3-5-7-16/h3-7,15H,8-14H2,1-2H3,(H,21,27)(H,22,25)/p+1/t20-/m0/s1. The molecule has 1 atom stereocenters. The Morgan fingerprint density at radius 1 is 1.26 bits per heavy atom. The van der Waals surface area contributed by atoms with E-state index in [0.717, 1.165) is 36.5 Å². The van der Waals surface area contributed by atoms with Crippen LogP contribution >= 0.6 is 0 Å². The number of hydrazine groups is 1. The number of quaternary nitrogens is 1. The van der Waals surface area contributed by atoms with Gasteiger partial charge in [0.15, 0.2) is 6.54 Å². The van der Waals surface area contributed by atoms with Crippen LogP contribution < -0.4 is 15.6 Å². The molecule has 27 heavy (non-hydrogen) atoms. The average Bonchev–Trinajstić information content (AvgIpc) is 2.86. The van der Waals surface area contributed by atoms with E-state index in [1.54, 1.807) is 6.92 Å². The minimum Gasteiger partial charge on any atom is -0.327 e. The minimum absolute atomic E-state index is 0.282. The number of nitrogens with zero attached hydrogens (tertiary/aromatic N) is 1. The molecule has 4 amide bonds. The van der Waals surface area contributed by atoms with Crippen molar-refractivity contribution in [2.75, 3.05) is 19.6 Å². The molecule has 146 valence electrons. The van der Waals surface area contributed by atoms with Crippen LogP contribution in [0.4, 0.5) is 4.79 Å². The lowest BCUT2D eigenvalue weighted by Gasteiger charge is -2.27. The third-order valence-electron chi connectivity index (χ3n) is 5.65. The second kappa shape index (κ2) is 8.08. The van der Waals surface area contributed by atoms with Crippen LogP contribution in [0.2, 0.25) is 0 Å². The summed E-state index contributed by atoms with van der Waals surface area (Å²) in [5, 5.41) is 3.58. The molecule has 2 aliphatic rings. The van der Waals surface area contributed by atoms with Gasteiger partial charge in [-0.3, -0.25) is 15.0 Å². The van der Waals surface area contributed by atoms with Crippen molar-refractivity contribution >= 4 is 17.8 Å². The number of carbonyl (C=O) groups is 3. The van der Waals surface area contributed by atoms with E-state index in [4.69, 9.17) is 0 Å². The number of urea groups is 1. The predicted octanol–water partition coefficient (Wildman–Crippen LogP) is 0.276. The number of aryl methyl sites for hydroxylation is 1. The molecule has 0 bridgehead atoms. The van der Waals surface area contributed by atoms with Gasteiger partial charge in [0.1, 0.15) is 5.54 Å². The quantitative estimate of drug-likeness (QED) is 0.626. The van der Waals surface area contributed by atoms with Crippen LogP contribution in [-0.2, 0) is 16.0 Å². The van der Waals surface area contributed by atoms with Gasteiger partial charge in [-0.15, -0.1) is 0 Å². The fourth-order valence-corrected chi connectivity index (χ4v) is 3.73. The molecule has 2 heterocycles. The van der Waals surface area contributed by atoms with Crippen molar-refractivity contribution in [3.63, 3.8) is 0 Å². The molecule has 0 saturated carbocycles. The number of imide groups is 1. The minimum atomic E-state index is -1.01. The van der Waals surface area contributed by atoms with Gasteiger partial charge in [-0.05, 0) is 44.1 Å². The van der Waals surface area contributed by atoms with Gasteiger partial charge in [-0.1, -0.05) is 37.3 Å². The highest BCUT2D eigenvalue weighted by Crippen LogP contribution is 2.22. The van der Waals surface area contributed by atoms with Crippen LogP contribution in [-0.4, -0.2) is 48.0 Å². The number of piperidine rings is 1. The first-order chi connectivity index (χ1) is 12.9. The maximum Gasteiger partial charge on any atom is 0.344 e. The Morgan fingerprint density at radius 3 is 2.59 bits per heavy atom. The first-order valence-electron chi connectivity index (χ1n) is 9.71. The first kappa shape index (κ1) is 19.4. The van der Waals surface area contributed by atoms with Crippen LogP contribution in [0, 0.1) is 5.92 Å². The molecule has 2 fully saturated rings. The van der Waals surface area contributed by atoms with Gasteiger partial charge < -0.3 is 10.2 Å². The largest absolute Gasteiger partial charge is 0.344 e. The van der Waals surface area contributed by atoms with Gasteiger partial charge >= 0.3 is 6.03 Å². The lowest BCUT2D eigenvalue weighted by molar-refractivity contribution is -0.898. The molecule has 7 nitrogen and oxygen atoms in total. The summed E-state index contributed by atoms with van der Waals surface area (Å²) in [6.07, 6.45) is 3.34. The summed E-state index contributed by atoms with van der Waals surface area (Å²) < 4.78 is 0. The van der Waals surface area contributed by atoms with E-state index in [-0.39, 0.29) is 12.5 Å². The Balaban J connectivity index is 1.54. The molecule has 0 aliphatic carbocycles. The van der Waals surface area contributed by atoms with Crippen LogP contribution in [0.3, 0.4) is 0 Å². The van der Waals surface area contributed by atoms with Gasteiger partial charge in [0, 0.05) is 0 Å². The lowest BCUT2D eigenvalue weighted by Crippen LogP contribution is -3.14. The van der Waals surface area contributed by atoms with E-state index < -0.39 is 17.5 Å². The second-order valence-electron chi connectivity index (χ2n) is 8.03. The Hall–Kier alpha value is -2.41. The Bertz CT molecular complexity index is 700. The fourth-order valence-electron chi connectivity index (χ4n) is 3.73. The number of hydrogen-bond acceptors (Lipinski definition) is 3. The van der Waals surface area contributed by atoms with E-state index in [0.29, 0.717) is 18.8 Å². The Kier molecular flexibility index (Phi) is 5.79. The highest BCUT2D eigenvalue weighted by Gasteiger charge is 2.48. The maximum absolute atomic E-state index is 12.8. The zero-order chi connectivity index (χ0) is 19.4. The SMILES string of the molecule is CC1CC[NH+](CC(=O)NN2C(=O)N[C@@](C)(CCc3ccccc3)C2=O)CC1. The summed E-state index contributed by atoms with van der Waals surface area (Å²) in [5.74, 6) is 0.00230. The summed E-state index contributed by atoms with van der Waals surface area (Å²) in [7, 11) is 0. The van der Waals surface area contributed by atoms with Gasteiger partial charge in [0.05, 0.1) is 13.1 Å². The Labute approximate surface area is 160 Å². The molecule has 0 unspecified atom stereocenters. The molecule has 1 aromatic rings. The molecule has 0 spiro atoms. The zero-order valence-electron chi connectivity index (χ0n) is 16.1. The number of benzene rings is 1. The maximum atomic E-state index is 12.8. The predicted molar refractivity (Wildman–Crippen MR) is 101 cm³/mol. The first-order valence-corrected chi connectivity index (χ1v) is 9.71. The van der Waals surface area contributed by atoms with Crippen LogP contribution in [0.1, 0.15) is 38.7 Å². The van der Waals surface area contributed by atoms with E-state index in [1.807, 2.05) is 30.3 Å². The summed E-state index contributed by atoms with van der Waals surface area (Å²) >= 11 is 0. The highest BCUT2D eigenvalue weighted by atomic mass is 16.2. The molecule has 3 N–H and O–H groups in total. The number of carbonyl (C=O) groups excluding carboxylic acids is 3. The molecular weight excluding hydrogens is 344 g/mol.